The van der Waals surface area contributed by atoms with Gasteiger partial charge in [-0.3, -0.25) is 0 Å². The van der Waals surface area contributed by atoms with E-state index in [0.717, 1.165) is 37.3 Å². The molecule has 1 aromatic carbocycles. The Kier molecular flexibility index (Phi) is 3.56. The standard InChI is InChI=1S/C17H20FN3O2/c1-9-19-15-6-14(18)16(22-2)5-13(15)17(20-9)21-12-3-10-7-23-8-11(10)4-12/h5-6,10-12H,3-4,7-8H2,1-2H3,(H,19,20,21). The van der Waals surface area contributed by atoms with Crippen LogP contribution in [-0.4, -0.2) is 36.3 Å². The summed E-state index contributed by atoms with van der Waals surface area (Å²) in [7, 11) is 1.46. The molecule has 5 nitrogen and oxygen atoms in total. The summed E-state index contributed by atoms with van der Waals surface area (Å²) >= 11 is 0. The van der Waals surface area contributed by atoms with Crippen molar-refractivity contribution in [3.05, 3.63) is 23.8 Å². The third-order valence-electron chi connectivity index (χ3n) is 4.93. The van der Waals surface area contributed by atoms with Gasteiger partial charge in [0.05, 0.1) is 12.6 Å². The number of fused-ring (bicyclic) bond motifs is 2. The summed E-state index contributed by atoms with van der Waals surface area (Å²) in [5.41, 5.74) is 0.597. The van der Waals surface area contributed by atoms with Crippen molar-refractivity contribution in [1.82, 2.24) is 9.97 Å². The Labute approximate surface area is 134 Å². The number of nitrogens with one attached hydrogen (secondary N) is 1. The average Bonchev–Trinajstić information content (AvgIpc) is 3.07. The molecule has 2 aliphatic rings. The van der Waals surface area contributed by atoms with Crippen molar-refractivity contribution in [1.29, 1.82) is 0 Å². The maximum absolute atomic E-state index is 13.9. The number of hydrogen-bond acceptors (Lipinski definition) is 5. The van der Waals surface area contributed by atoms with Gasteiger partial charge in [0, 0.05) is 30.7 Å². The predicted molar refractivity (Wildman–Crippen MR) is 85.2 cm³/mol. The summed E-state index contributed by atoms with van der Waals surface area (Å²) in [6, 6.07) is 3.46. The van der Waals surface area contributed by atoms with Crippen LogP contribution >= 0.6 is 0 Å². The van der Waals surface area contributed by atoms with E-state index < -0.39 is 5.82 Å². The van der Waals surface area contributed by atoms with Crippen molar-refractivity contribution < 1.29 is 13.9 Å². The molecule has 2 atom stereocenters. The molecule has 0 bridgehead atoms. The minimum atomic E-state index is -0.406. The van der Waals surface area contributed by atoms with Crippen molar-refractivity contribution in [3.8, 4) is 5.75 Å². The largest absolute Gasteiger partial charge is 0.494 e. The Morgan fingerprint density at radius 2 is 1.96 bits per heavy atom. The summed E-state index contributed by atoms with van der Waals surface area (Å²) in [5, 5.41) is 4.33. The molecule has 1 saturated heterocycles. The number of halogens is 1. The molecule has 6 heteroatoms. The molecule has 0 spiro atoms. The van der Waals surface area contributed by atoms with Gasteiger partial charge < -0.3 is 14.8 Å². The lowest BCUT2D eigenvalue weighted by molar-refractivity contribution is 0.172. The summed E-state index contributed by atoms with van der Waals surface area (Å²) in [4.78, 5) is 8.87. The average molecular weight is 317 g/mol. The van der Waals surface area contributed by atoms with Gasteiger partial charge in [0.25, 0.3) is 0 Å². The number of nitrogens with zero attached hydrogens (tertiary/aromatic N) is 2. The molecule has 2 heterocycles. The Morgan fingerprint density at radius 3 is 2.65 bits per heavy atom. The van der Waals surface area contributed by atoms with Gasteiger partial charge in [-0.15, -0.1) is 0 Å². The van der Waals surface area contributed by atoms with Gasteiger partial charge in [0.1, 0.15) is 11.6 Å². The molecule has 23 heavy (non-hydrogen) atoms. The number of anilines is 1. The smallest absolute Gasteiger partial charge is 0.167 e. The summed E-state index contributed by atoms with van der Waals surface area (Å²) in [6.45, 7) is 3.56. The van der Waals surface area contributed by atoms with E-state index in [9.17, 15) is 4.39 Å². The summed E-state index contributed by atoms with van der Waals surface area (Å²) in [5.74, 6) is 2.49. The first-order chi connectivity index (χ1) is 11.1. The monoisotopic (exact) mass is 317 g/mol. The predicted octanol–water partition coefficient (Wildman–Crippen LogP) is 2.92. The summed E-state index contributed by atoms with van der Waals surface area (Å²) in [6.07, 6.45) is 2.18. The number of aryl methyl sites for hydroxylation is 1. The van der Waals surface area contributed by atoms with Crippen molar-refractivity contribution in [2.24, 2.45) is 11.8 Å². The fourth-order valence-corrected chi connectivity index (χ4v) is 3.82. The second-order valence-electron chi connectivity index (χ2n) is 6.49. The van der Waals surface area contributed by atoms with Crippen molar-refractivity contribution in [2.75, 3.05) is 25.6 Å². The van der Waals surface area contributed by atoms with Crippen LogP contribution in [0.25, 0.3) is 10.9 Å². The van der Waals surface area contributed by atoms with E-state index in [4.69, 9.17) is 9.47 Å². The highest BCUT2D eigenvalue weighted by Gasteiger charge is 2.38. The molecule has 1 saturated carbocycles. The zero-order chi connectivity index (χ0) is 16.0. The maximum atomic E-state index is 13.9. The molecule has 2 unspecified atom stereocenters. The van der Waals surface area contributed by atoms with Crippen molar-refractivity contribution in [3.63, 3.8) is 0 Å². The molecular formula is C17H20FN3O2. The fourth-order valence-electron chi connectivity index (χ4n) is 3.82. The minimum absolute atomic E-state index is 0.213. The van der Waals surface area contributed by atoms with Crippen molar-refractivity contribution in [2.45, 2.75) is 25.8 Å². The first kappa shape index (κ1) is 14.6. The first-order valence-corrected chi connectivity index (χ1v) is 8.00. The number of hydrogen-bond donors (Lipinski definition) is 1. The van der Waals surface area contributed by atoms with Gasteiger partial charge in [-0.25, -0.2) is 14.4 Å². The lowest BCUT2D eigenvalue weighted by Gasteiger charge is -2.17. The second kappa shape index (κ2) is 5.60. The number of aromatic nitrogens is 2. The van der Waals surface area contributed by atoms with Gasteiger partial charge >= 0.3 is 0 Å². The van der Waals surface area contributed by atoms with E-state index in [0.29, 0.717) is 29.2 Å². The van der Waals surface area contributed by atoms with Gasteiger partial charge in [-0.2, -0.15) is 0 Å². The van der Waals surface area contributed by atoms with Crippen LogP contribution in [0.4, 0.5) is 10.2 Å². The highest BCUT2D eigenvalue weighted by molar-refractivity contribution is 5.90. The lowest BCUT2D eigenvalue weighted by Crippen LogP contribution is -2.19. The Bertz CT molecular complexity index is 740. The van der Waals surface area contributed by atoms with E-state index in [1.54, 1.807) is 6.07 Å². The van der Waals surface area contributed by atoms with E-state index in [2.05, 4.69) is 15.3 Å². The van der Waals surface area contributed by atoms with Crippen LogP contribution in [0, 0.1) is 24.6 Å². The topological polar surface area (TPSA) is 56.3 Å². The highest BCUT2D eigenvalue weighted by Crippen LogP contribution is 2.38. The highest BCUT2D eigenvalue weighted by atomic mass is 19.1. The van der Waals surface area contributed by atoms with Gasteiger partial charge in [-0.1, -0.05) is 0 Å². The zero-order valence-electron chi connectivity index (χ0n) is 13.3. The van der Waals surface area contributed by atoms with E-state index in [1.807, 2.05) is 6.92 Å². The SMILES string of the molecule is COc1cc2c(NC3CC4COCC4C3)nc(C)nc2cc1F. The van der Waals surface area contributed by atoms with Gasteiger partial charge in [-0.05, 0) is 37.7 Å². The molecule has 0 radical (unpaired) electrons. The zero-order valence-corrected chi connectivity index (χ0v) is 13.3. The molecular weight excluding hydrogens is 297 g/mol. The van der Waals surface area contributed by atoms with Crippen LogP contribution in [0.15, 0.2) is 12.1 Å². The molecule has 1 aliphatic heterocycles. The third kappa shape index (κ3) is 2.61. The third-order valence-corrected chi connectivity index (χ3v) is 4.93. The van der Waals surface area contributed by atoms with Crippen LogP contribution in [-0.2, 0) is 4.74 Å². The molecule has 4 rings (SSSR count). The molecule has 2 aromatic rings. The minimum Gasteiger partial charge on any atom is -0.494 e. The van der Waals surface area contributed by atoms with Crippen LogP contribution < -0.4 is 10.1 Å². The Morgan fingerprint density at radius 1 is 1.22 bits per heavy atom. The van der Waals surface area contributed by atoms with E-state index >= 15 is 0 Å². The molecule has 122 valence electrons. The molecule has 1 aliphatic carbocycles. The number of benzene rings is 1. The van der Waals surface area contributed by atoms with Crippen LogP contribution in [0.3, 0.4) is 0 Å². The lowest BCUT2D eigenvalue weighted by atomic mass is 10.0. The van der Waals surface area contributed by atoms with E-state index in [-0.39, 0.29) is 5.75 Å². The van der Waals surface area contributed by atoms with Crippen LogP contribution in [0.2, 0.25) is 0 Å². The quantitative estimate of drug-likeness (QED) is 0.943. The normalized spacial score (nSPS) is 26.5. The molecule has 0 amide bonds. The maximum Gasteiger partial charge on any atom is 0.167 e. The molecule has 1 aromatic heterocycles. The second-order valence-corrected chi connectivity index (χ2v) is 6.49. The Hall–Kier alpha value is -1.95. The molecule has 1 N–H and O–H groups in total. The molecule has 2 fully saturated rings. The van der Waals surface area contributed by atoms with Crippen LogP contribution in [0.1, 0.15) is 18.7 Å². The summed E-state index contributed by atoms with van der Waals surface area (Å²) < 4.78 is 24.5. The first-order valence-electron chi connectivity index (χ1n) is 8.00. The van der Waals surface area contributed by atoms with Gasteiger partial charge in [0.2, 0.25) is 0 Å². The van der Waals surface area contributed by atoms with Gasteiger partial charge in [0.15, 0.2) is 11.6 Å². The van der Waals surface area contributed by atoms with Crippen molar-refractivity contribution >= 4 is 16.7 Å². The number of ether oxygens (including phenoxy) is 2. The van der Waals surface area contributed by atoms with E-state index in [1.165, 1.54) is 13.2 Å². The number of methoxy groups -OCH3 is 1. The Balaban J connectivity index is 1.68. The fraction of sp³-hybridized carbons (Fsp3) is 0.529. The number of rotatable bonds is 3. The van der Waals surface area contributed by atoms with Crippen LogP contribution in [0.5, 0.6) is 5.75 Å².